The van der Waals surface area contributed by atoms with Crippen molar-refractivity contribution < 1.29 is 17.9 Å². The van der Waals surface area contributed by atoms with Crippen molar-refractivity contribution in [2.75, 3.05) is 23.8 Å². The molecule has 2 aromatic heterocycles. The maximum atomic E-state index is 12.9. The van der Waals surface area contributed by atoms with Gasteiger partial charge in [0.2, 0.25) is 5.95 Å². The van der Waals surface area contributed by atoms with E-state index in [4.69, 9.17) is 4.74 Å². The van der Waals surface area contributed by atoms with E-state index in [1.165, 1.54) is 0 Å². The van der Waals surface area contributed by atoms with Gasteiger partial charge in [-0.1, -0.05) is 6.07 Å². The normalized spacial score (nSPS) is 14.3. The van der Waals surface area contributed by atoms with Crippen LogP contribution in [0.3, 0.4) is 0 Å². The summed E-state index contributed by atoms with van der Waals surface area (Å²) >= 11 is 0. The minimum absolute atomic E-state index is 0.113. The van der Waals surface area contributed by atoms with Crippen molar-refractivity contribution >= 4 is 17.5 Å². The number of anilines is 3. The number of ether oxygens (including phenoxy) is 1. The van der Waals surface area contributed by atoms with Crippen molar-refractivity contribution in [1.29, 1.82) is 0 Å². The van der Waals surface area contributed by atoms with Crippen LogP contribution in [0.4, 0.5) is 30.6 Å². The summed E-state index contributed by atoms with van der Waals surface area (Å²) < 4.78 is 43.8. The first-order valence-corrected chi connectivity index (χ1v) is 8.96. The van der Waals surface area contributed by atoms with Crippen LogP contribution in [-0.4, -0.2) is 34.2 Å². The van der Waals surface area contributed by atoms with Crippen LogP contribution >= 0.6 is 0 Å². The molecule has 0 saturated carbocycles. The average Bonchev–Trinajstić information content (AvgIpc) is 2.64. The molecule has 0 unspecified atom stereocenters. The van der Waals surface area contributed by atoms with E-state index < -0.39 is 11.9 Å². The van der Waals surface area contributed by atoms with Gasteiger partial charge in [-0.3, -0.25) is 0 Å². The summed E-state index contributed by atoms with van der Waals surface area (Å²) in [6.45, 7) is 3.22. The second-order valence-corrected chi connectivity index (χ2v) is 6.78. The Morgan fingerprint density at radius 2 is 1.79 bits per heavy atom. The topological polar surface area (TPSA) is 72.0 Å². The minimum atomic E-state index is -4.52. The lowest BCUT2D eigenvalue weighted by Crippen LogP contribution is -2.40. The van der Waals surface area contributed by atoms with Crippen molar-refractivity contribution in [2.24, 2.45) is 0 Å². The third kappa shape index (κ3) is 4.62. The Hall–Kier alpha value is -3.20. The molecule has 150 valence electrons. The Labute approximate surface area is 165 Å². The van der Waals surface area contributed by atoms with E-state index in [1.54, 1.807) is 6.20 Å². The van der Waals surface area contributed by atoms with Crippen molar-refractivity contribution in [3.05, 3.63) is 60.0 Å². The van der Waals surface area contributed by atoms with Gasteiger partial charge in [-0.2, -0.15) is 13.2 Å². The molecule has 0 aliphatic carbocycles. The van der Waals surface area contributed by atoms with Gasteiger partial charge in [0.05, 0.1) is 19.3 Å². The van der Waals surface area contributed by atoms with Gasteiger partial charge in [0.25, 0.3) is 0 Å². The number of nitrogens with one attached hydrogen (secondary N) is 2. The van der Waals surface area contributed by atoms with Crippen LogP contribution < -0.4 is 10.6 Å². The van der Waals surface area contributed by atoms with Crippen molar-refractivity contribution in [1.82, 2.24) is 15.0 Å². The van der Waals surface area contributed by atoms with Gasteiger partial charge < -0.3 is 15.4 Å². The quantitative estimate of drug-likeness (QED) is 0.660. The molecule has 0 atom stereocenters. The molecule has 6 nitrogen and oxygen atoms in total. The molecule has 2 N–H and O–H groups in total. The van der Waals surface area contributed by atoms with Crippen molar-refractivity contribution in [2.45, 2.75) is 19.1 Å². The summed E-state index contributed by atoms with van der Waals surface area (Å²) in [6.07, 6.45) is -1.73. The molecule has 1 aromatic carbocycles. The first kappa shape index (κ1) is 19.1. The minimum Gasteiger partial charge on any atom is -0.377 e. The highest BCUT2D eigenvalue weighted by atomic mass is 19.4. The van der Waals surface area contributed by atoms with E-state index in [9.17, 15) is 13.2 Å². The highest BCUT2D eigenvalue weighted by Gasteiger charge is 2.32. The molecule has 1 aliphatic heterocycles. The van der Waals surface area contributed by atoms with E-state index in [0.717, 1.165) is 34.8 Å². The van der Waals surface area contributed by atoms with Crippen molar-refractivity contribution in [3.8, 4) is 11.1 Å². The number of hydrogen-bond acceptors (Lipinski definition) is 6. The fourth-order valence-electron chi connectivity index (χ4n) is 2.95. The number of halogens is 3. The van der Waals surface area contributed by atoms with Gasteiger partial charge in [-0.25, -0.2) is 15.0 Å². The molecule has 9 heteroatoms. The first-order chi connectivity index (χ1) is 13.9. The molecule has 0 spiro atoms. The number of aromatic nitrogens is 3. The predicted molar refractivity (Wildman–Crippen MR) is 103 cm³/mol. The molecule has 0 radical (unpaired) electrons. The summed E-state index contributed by atoms with van der Waals surface area (Å²) in [5.74, 6) is 0.631. The standard InChI is InChI=1S/C20H18F3N5O/c1-12-6-14(13-2-4-24-18(9-13)26-16-10-29-11-16)8-15(7-12)27-19-25-5-3-17(28-19)20(21,22)23/h2-9,16H,10-11H2,1H3,(H,24,26)(H,25,27,28). The first-order valence-electron chi connectivity index (χ1n) is 8.96. The lowest BCUT2D eigenvalue weighted by Gasteiger charge is -2.27. The number of aryl methyl sites for hydroxylation is 1. The van der Waals surface area contributed by atoms with Crippen LogP contribution in [0.2, 0.25) is 0 Å². The van der Waals surface area contributed by atoms with Crippen LogP contribution in [-0.2, 0) is 10.9 Å². The van der Waals surface area contributed by atoms with Crippen LogP contribution in [0.15, 0.2) is 48.8 Å². The lowest BCUT2D eigenvalue weighted by atomic mass is 10.0. The summed E-state index contributed by atoms with van der Waals surface area (Å²) in [5.41, 5.74) is 2.37. The Bertz CT molecular complexity index is 1020. The fourth-order valence-corrected chi connectivity index (χ4v) is 2.95. The zero-order valence-electron chi connectivity index (χ0n) is 15.5. The maximum Gasteiger partial charge on any atom is 0.433 e. The number of benzene rings is 1. The van der Waals surface area contributed by atoms with Gasteiger partial charge in [0.1, 0.15) is 11.5 Å². The van der Waals surface area contributed by atoms with Crippen LogP contribution in [0.1, 0.15) is 11.3 Å². The van der Waals surface area contributed by atoms with E-state index in [-0.39, 0.29) is 12.0 Å². The highest BCUT2D eigenvalue weighted by molar-refractivity contribution is 5.72. The molecule has 1 saturated heterocycles. The predicted octanol–water partition coefficient (Wildman–Crippen LogP) is 4.42. The van der Waals surface area contributed by atoms with E-state index in [2.05, 4.69) is 25.6 Å². The van der Waals surface area contributed by atoms with E-state index in [1.807, 2.05) is 37.3 Å². The number of nitrogens with zero attached hydrogens (tertiary/aromatic N) is 3. The molecular formula is C20H18F3N5O. The van der Waals surface area contributed by atoms with Crippen LogP contribution in [0.25, 0.3) is 11.1 Å². The smallest absolute Gasteiger partial charge is 0.377 e. The second kappa shape index (κ2) is 7.67. The summed E-state index contributed by atoms with van der Waals surface area (Å²) in [7, 11) is 0. The summed E-state index contributed by atoms with van der Waals surface area (Å²) in [6, 6.07) is 10.5. The third-order valence-electron chi connectivity index (χ3n) is 4.36. The van der Waals surface area contributed by atoms with Gasteiger partial charge in [0, 0.05) is 18.1 Å². The SMILES string of the molecule is Cc1cc(Nc2nccc(C(F)(F)F)n2)cc(-c2ccnc(NC3COC3)c2)c1. The average molecular weight is 401 g/mol. The van der Waals surface area contributed by atoms with Crippen LogP contribution in [0, 0.1) is 6.92 Å². The molecule has 3 aromatic rings. The van der Waals surface area contributed by atoms with Gasteiger partial charge in [0.15, 0.2) is 0 Å². The molecule has 3 heterocycles. The molecule has 4 rings (SSSR count). The summed E-state index contributed by atoms with van der Waals surface area (Å²) in [4.78, 5) is 11.8. The zero-order chi connectivity index (χ0) is 20.4. The third-order valence-corrected chi connectivity index (χ3v) is 4.36. The Kier molecular flexibility index (Phi) is 5.06. The van der Waals surface area contributed by atoms with Gasteiger partial charge in [-0.05, 0) is 53.9 Å². The molecule has 0 amide bonds. The maximum absolute atomic E-state index is 12.9. The Morgan fingerprint density at radius 1 is 1.00 bits per heavy atom. The largest absolute Gasteiger partial charge is 0.433 e. The van der Waals surface area contributed by atoms with Gasteiger partial charge >= 0.3 is 6.18 Å². The van der Waals surface area contributed by atoms with E-state index >= 15 is 0 Å². The van der Waals surface area contributed by atoms with E-state index in [0.29, 0.717) is 18.9 Å². The Morgan fingerprint density at radius 3 is 2.52 bits per heavy atom. The summed E-state index contributed by atoms with van der Waals surface area (Å²) in [5, 5.41) is 6.16. The monoisotopic (exact) mass is 401 g/mol. The number of pyridine rings is 1. The van der Waals surface area contributed by atoms with Gasteiger partial charge in [-0.15, -0.1) is 0 Å². The lowest BCUT2D eigenvalue weighted by molar-refractivity contribution is -0.141. The van der Waals surface area contributed by atoms with Crippen LogP contribution in [0.5, 0.6) is 0 Å². The number of hydrogen-bond donors (Lipinski definition) is 2. The molecule has 1 aliphatic rings. The zero-order valence-corrected chi connectivity index (χ0v) is 15.5. The number of alkyl halides is 3. The van der Waals surface area contributed by atoms with Crippen molar-refractivity contribution in [3.63, 3.8) is 0 Å². The molecule has 29 heavy (non-hydrogen) atoms. The molecule has 0 bridgehead atoms. The highest BCUT2D eigenvalue weighted by Crippen LogP contribution is 2.30. The second-order valence-electron chi connectivity index (χ2n) is 6.78. The molecular weight excluding hydrogens is 383 g/mol. The Balaban J connectivity index is 1.59. The fraction of sp³-hybridized carbons (Fsp3) is 0.250. The number of rotatable bonds is 5. The molecule has 1 fully saturated rings.